The normalized spacial score (nSPS) is 18.1. The number of hydrogen-bond donors (Lipinski definition) is 4. The molecular formula is C2H10NO3P. The van der Waals surface area contributed by atoms with E-state index in [2.05, 4.69) is 0 Å². The van der Waals surface area contributed by atoms with Crippen LogP contribution in [0, 0.1) is 0 Å². The second-order valence-corrected chi connectivity index (χ2v) is 4.85. The van der Waals surface area contributed by atoms with E-state index in [-0.39, 0.29) is 0 Å². The van der Waals surface area contributed by atoms with Gasteiger partial charge in [-0.05, 0) is 0 Å². The average Bonchev–Trinajstić information content (AvgIpc) is 1.32. The van der Waals surface area contributed by atoms with E-state index in [9.17, 15) is 0 Å². The molecule has 4 N–H and O–H groups in total. The molecule has 46 valence electrons. The zero-order valence-corrected chi connectivity index (χ0v) is 5.18. The molecule has 0 saturated heterocycles. The van der Waals surface area contributed by atoms with E-state index < -0.39 is 7.43 Å². The Kier molecular flexibility index (Phi) is 1.42. The Labute approximate surface area is 42.0 Å². The summed E-state index contributed by atoms with van der Waals surface area (Å²) in [5.74, 6) is 0. The van der Waals surface area contributed by atoms with Crippen LogP contribution in [0.4, 0.5) is 0 Å². The quantitative estimate of drug-likeness (QED) is 0.342. The van der Waals surface area contributed by atoms with Gasteiger partial charge in [-0.2, -0.15) is 0 Å². The van der Waals surface area contributed by atoms with Crippen LogP contribution in [-0.2, 0) is 0 Å². The molecule has 5 heteroatoms. The summed E-state index contributed by atoms with van der Waals surface area (Å²) in [6, 6.07) is 0. The second kappa shape index (κ2) is 1.37. The number of rotatable bonds is 1. The molecule has 0 aromatic heterocycles. The van der Waals surface area contributed by atoms with Gasteiger partial charge in [0.15, 0.2) is 0 Å². The summed E-state index contributed by atoms with van der Waals surface area (Å²) in [6.07, 6.45) is 0. The van der Waals surface area contributed by atoms with Gasteiger partial charge in [-0.3, -0.25) is 0 Å². The van der Waals surface area contributed by atoms with E-state index in [1.54, 1.807) is 0 Å². The first-order valence-electron chi connectivity index (χ1n) is 1.77. The molecule has 4 nitrogen and oxygen atoms in total. The zero-order valence-electron chi connectivity index (χ0n) is 4.29. The maximum atomic E-state index is 8.42. The third-order valence-electron chi connectivity index (χ3n) is 0.524. The SMILES string of the molecule is CNP(C)(O)(O)O. The van der Waals surface area contributed by atoms with Crippen LogP contribution in [0.2, 0.25) is 0 Å². The Morgan fingerprint density at radius 1 is 1.29 bits per heavy atom. The van der Waals surface area contributed by atoms with Crippen LogP contribution in [0.3, 0.4) is 0 Å². The fraction of sp³-hybridized carbons (Fsp3) is 1.00. The molecule has 0 bridgehead atoms. The Morgan fingerprint density at radius 3 is 1.43 bits per heavy atom. The summed E-state index contributed by atoms with van der Waals surface area (Å²) < 4.78 is 0. The first kappa shape index (κ1) is 7.27. The summed E-state index contributed by atoms with van der Waals surface area (Å²) in [6.45, 7) is 0.950. The summed E-state index contributed by atoms with van der Waals surface area (Å²) >= 11 is 0. The zero-order chi connectivity index (χ0) is 6.15. The summed E-state index contributed by atoms with van der Waals surface area (Å²) in [5.41, 5.74) is 0. The van der Waals surface area contributed by atoms with Crippen molar-refractivity contribution in [2.75, 3.05) is 13.7 Å². The van der Waals surface area contributed by atoms with Crippen molar-refractivity contribution in [3.8, 4) is 0 Å². The first-order valence-corrected chi connectivity index (χ1v) is 4.31. The van der Waals surface area contributed by atoms with Crippen LogP contribution in [0.25, 0.3) is 0 Å². The molecule has 0 aliphatic rings. The molecule has 0 aliphatic carbocycles. The Morgan fingerprint density at radius 2 is 1.43 bits per heavy atom. The third-order valence-corrected chi connectivity index (χ3v) is 1.57. The molecule has 0 aromatic carbocycles. The number of nitrogens with one attached hydrogen (secondary N) is 1. The predicted octanol–water partition coefficient (Wildman–Crippen LogP) is -0.974. The summed E-state index contributed by atoms with van der Waals surface area (Å²) in [5, 5.41) is 1.98. The maximum absolute atomic E-state index is 8.42. The average molecular weight is 127 g/mol. The number of hydrogen-bond acceptors (Lipinski definition) is 4. The van der Waals surface area contributed by atoms with Crippen molar-refractivity contribution in [2.24, 2.45) is 0 Å². The van der Waals surface area contributed by atoms with Gasteiger partial charge >= 0.3 is 40.9 Å². The Balaban J connectivity index is 3.83. The van der Waals surface area contributed by atoms with Gasteiger partial charge in [0.2, 0.25) is 0 Å². The Bertz CT molecular complexity index is 65.5. The van der Waals surface area contributed by atoms with Gasteiger partial charge in [0.05, 0.1) is 0 Å². The van der Waals surface area contributed by atoms with Gasteiger partial charge in [-0.25, -0.2) is 0 Å². The molecule has 0 aliphatic heterocycles. The molecule has 0 radical (unpaired) electrons. The van der Waals surface area contributed by atoms with Gasteiger partial charge in [0, 0.05) is 0 Å². The standard InChI is InChI=1S/C2H10NO3P/c1-3-7(2,4,5)6/h3-6H,1-2H3. The van der Waals surface area contributed by atoms with Crippen LogP contribution in [0.15, 0.2) is 0 Å². The van der Waals surface area contributed by atoms with E-state index in [1.807, 2.05) is 5.09 Å². The fourth-order valence-electron chi connectivity index (χ4n) is 0. The van der Waals surface area contributed by atoms with Crippen molar-refractivity contribution in [3.05, 3.63) is 0 Å². The third kappa shape index (κ3) is 6.27. The molecule has 0 atom stereocenters. The van der Waals surface area contributed by atoms with E-state index >= 15 is 0 Å². The van der Waals surface area contributed by atoms with Crippen LogP contribution < -0.4 is 5.09 Å². The molecule has 0 amide bonds. The summed E-state index contributed by atoms with van der Waals surface area (Å²) in [4.78, 5) is 25.3. The molecule has 0 saturated carbocycles. The van der Waals surface area contributed by atoms with Crippen LogP contribution >= 0.6 is 7.43 Å². The fourth-order valence-corrected chi connectivity index (χ4v) is 0. The van der Waals surface area contributed by atoms with E-state index in [4.69, 9.17) is 14.7 Å². The molecule has 0 heterocycles. The van der Waals surface area contributed by atoms with Crippen molar-refractivity contribution in [2.45, 2.75) is 0 Å². The predicted molar refractivity (Wildman–Crippen MR) is 28.6 cm³/mol. The van der Waals surface area contributed by atoms with E-state index in [0.29, 0.717) is 0 Å². The Hall–Kier alpha value is 0.270. The van der Waals surface area contributed by atoms with Gasteiger partial charge in [0.25, 0.3) is 0 Å². The molecule has 0 unspecified atom stereocenters. The van der Waals surface area contributed by atoms with Crippen molar-refractivity contribution in [1.82, 2.24) is 5.09 Å². The van der Waals surface area contributed by atoms with Crippen LogP contribution in [-0.4, -0.2) is 28.4 Å². The second-order valence-electron chi connectivity index (χ2n) is 1.62. The van der Waals surface area contributed by atoms with Gasteiger partial charge in [0.1, 0.15) is 0 Å². The molecule has 0 rings (SSSR count). The monoisotopic (exact) mass is 127 g/mol. The van der Waals surface area contributed by atoms with Crippen molar-refractivity contribution < 1.29 is 14.7 Å². The molecule has 7 heavy (non-hydrogen) atoms. The van der Waals surface area contributed by atoms with Crippen LogP contribution in [0.1, 0.15) is 0 Å². The molecule has 0 fully saturated rings. The van der Waals surface area contributed by atoms with E-state index in [1.165, 1.54) is 7.05 Å². The molecular weight excluding hydrogens is 117 g/mol. The van der Waals surface area contributed by atoms with Crippen molar-refractivity contribution in [3.63, 3.8) is 0 Å². The summed E-state index contributed by atoms with van der Waals surface area (Å²) in [7, 11) is -3.05. The van der Waals surface area contributed by atoms with Gasteiger partial charge < -0.3 is 0 Å². The molecule has 0 aromatic rings. The van der Waals surface area contributed by atoms with Crippen LogP contribution in [0.5, 0.6) is 0 Å². The first-order chi connectivity index (χ1) is 2.81. The van der Waals surface area contributed by atoms with Gasteiger partial charge in [-0.15, -0.1) is 0 Å². The van der Waals surface area contributed by atoms with Gasteiger partial charge in [-0.1, -0.05) is 0 Å². The molecule has 0 spiro atoms. The topological polar surface area (TPSA) is 72.7 Å². The minimum atomic E-state index is -4.33. The van der Waals surface area contributed by atoms with Crippen molar-refractivity contribution in [1.29, 1.82) is 0 Å². The van der Waals surface area contributed by atoms with Crippen molar-refractivity contribution >= 4 is 7.43 Å². The van der Waals surface area contributed by atoms with E-state index in [0.717, 1.165) is 6.66 Å². The minimum absolute atomic E-state index is 0.950.